The van der Waals surface area contributed by atoms with Gasteiger partial charge < -0.3 is 20.3 Å². The molecule has 2 aromatic rings. The average molecular weight is 370 g/mol. The number of hydrogen-bond donors (Lipinski definition) is 4. The summed E-state index contributed by atoms with van der Waals surface area (Å²) in [6.07, 6.45) is 2.76. The van der Waals surface area contributed by atoms with Crippen molar-refractivity contribution in [3.05, 3.63) is 48.2 Å². The molecule has 4 rings (SSSR count). The van der Waals surface area contributed by atoms with Gasteiger partial charge in [0.1, 0.15) is 0 Å². The monoisotopic (exact) mass is 369 g/mol. The van der Waals surface area contributed by atoms with Gasteiger partial charge in [0.15, 0.2) is 0 Å². The first kappa shape index (κ1) is 18.7. The largest absolute Gasteiger partial charge is 0.390 e. The van der Waals surface area contributed by atoms with E-state index in [4.69, 9.17) is 0 Å². The number of allylic oxidation sites excluding steroid dienone is 1. The standard InChI is InChI=1S/C23H31NO3/c1-14(10-17-11-16-6-4-5-7-20(16)24-17)15-8-9-22(2,26)18-13-21(25)23(3,27)19(18)12-15/h4-7,11,15,18-19,21,24-27H,1,8-10,12-13H2,2-3H3/t15-,18-,19-,21+,22+,23+/m0/s1. The average Bonchev–Trinajstić information content (AvgIpc) is 3.06. The van der Waals surface area contributed by atoms with Crippen LogP contribution in [0.15, 0.2) is 42.5 Å². The first-order chi connectivity index (χ1) is 12.7. The molecular weight excluding hydrogens is 338 g/mol. The number of rotatable bonds is 3. The number of hydrogen-bond acceptors (Lipinski definition) is 3. The fourth-order valence-corrected chi connectivity index (χ4v) is 5.45. The van der Waals surface area contributed by atoms with Crippen LogP contribution in [-0.4, -0.2) is 37.6 Å². The molecule has 0 amide bonds. The van der Waals surface area contributed by atoms with Gasteiger partial charge in [-0.15, -0.1) is 0 Å². The number of aromatic amines is 1. The SMILES string of the molecule is C=C(Cc1cc2ccccc2[nH]1)[C@H]1CC[C@@](C)(O)[C@H]2C[C@@H](O)[C@](C)(O)[C@H]2C1. The summed E-state index contributed by atoms with van der Waals surface area (Å²) in [7, 11) is 0. The number of para-hydroxylation sites is 1. The molecule has 4 N–H and O–H groups in total. The first-order valence-corrected chi connectivity index (χ1v) is 10.1. The van der Waals surface area contributed by atoms with Crippen molar-refractivity contribution in [2.75, 3.05) is 0 Å². The minimum atomic E-state index is -1.15. The Hall–Kier alpha value is -1.62. The van der Waals surface area contributed by atoms with Gasteiger partial charge in [-0.3, -0.25) is 0 Å². The van der Waals surface area contributed by atoms with E-state index in [9.17, 15) is 15.3 Å². The van der Waals surface area contributed by atoms with E-state index in [2.05, 4.69) is 29.8 Å². The van der Waals surface area contributed by atoms with Gasteiger partial charge in [0.2, 0.25) is 0 Å². The molecule has 6 atom stereocenters. The molecule has 0 unspecified atom stereocenters. The highest BCUT2D eigenvalue weighted by atomic mass is 16.3. The Morgan fingerprint density at radius 3 is 2.67 bits per heavy atom. The summed E-state index contributed by atoms with van der Waals surface area (Å²) in [5.74, 6) is 0.0394. The topological polar surface area (TPSA) is 76.5 Å². The molecule has 1 aromatic carbocycles. The van der Waals surface area contributed by atoms with E-state index in [1.165, 1.54) is 5.39 Å². The number of benzene rings is 1. The molecule has 146 valence electrons. The van der Waals surface area contributed by atoms with Crippen molar-refractivity contribution in [2.45, 2.75) is 63.3 Å². The van der Waals surface area contributed by atoms with Crippen molar-refractivity contribution in [3.63, 3.8) is 0 Å². The van der Waals surface area contributed by atoms with Crippen LogP contribution < -0.4 is 0 Å². The van der Waals surface area contributed by atoms with Crippen LogP contribution in [0.1, 0.15) is 45.2 Å². The second-order valence-corrected chi connectivity index (χ2v) is 9.24. The van der Waals surface area contributed by atoms with Gasteiger partial charge in [0, 0.05) is 17.6 Å². The molecule has 2 fully saturated rings. The zero-order valence-corrected chi connectivity index (χ0v) is 16.3. The van der Waals surface area contributed by atoms with Crippen molar-refractivity contribution >= 4 is 10.9 Å². The van der Waals surface area contributed by atoms with Gasteiger partial charge in [0.25, 0.3) is 0 Å². The van der Waals surface area contributed by atoms with Crippen LogP contribution in [0.2, 0.25) is 0 Å². The Morgan fingerprint density at radius 2 is 1.93 bits per heavy atom. The smallest absolute Gasteiger partial charge is 0.0909 e. The highest BCUT2D eigenvalue weighted by molar-refractivity contribution is 5.80. The Kier molecular flexibility index (Phi) is 4.49. The number of aliphatic hydroxyl groups is 3. The van der Waals surface area contributed by atoms with Gasteiger partial charge in [-0.25, -0.2) is 0 Å². The summed E-state index contributed by atoms with van der Waals surface area (Å²) < 4.78 is 0. The van der Waals surface area contributed by atoms with Crippen LogP contribution in [0, 0.1) is 17.8 Å². The molecule has 4 nitrogen and oxygen atoms in total. The molecule has 0 aliphatic heterocycles. The van der Waals surface area contributed by atoms with Crippen LogP contribution in [0.3, 0.4) is 0 Å². The lowest BCUT2D eigenvalue weighted by Crippen LogP contribution is -2.43. The van der Waals surface area contributed by atoms with E-state index >= 15 is 0 Å². The number of aliphatic hydroxyl groups excluding tert-OH is 1. The molecule has 1 heterocycles. The molecule has 0 spiro atoms. The predicted molar refractivity (Wildman–Crippen MR) is 107 cm³/mol. The fraction of sp³-hybridized carbons (Fsp3) is 0.565. The summed E-state index contributed by atoms with van der Waals surface area (Å²) in [5, 5.41) is 33.5. The molecule has 2 aliphatic carbocycles. The fourth-order valence-electron chi connectivity index (χ4n) is 5.45. The molecule has 0 saturated heterocycles. The van der Waals surface area contributed by atoms with Gasteiger partial charge in [-0.05, 0) is 74.8 Å². The van der Waals surface area contributed by atoms with Gasteiger partial charge in [-0.2, -0.15) is 0 Å². The predicted octanol–water partition coefficient (Wildman–Crippen LogP) is 3.57. The maximum absolute atomic E-state index is 11.0. The lowest BCUT2D eigenvalue weighted by molar-refractivity contribution is -0.0829. The van der Waals surface area contributed by atoms with E-state index in [1.54, 1.807) is 6.92 Å². The highest BCUT2D eigenvalue weighted by Gasteiger charge is 2.57. The van der Waals surface area contributed by atoms with Crippen molar-refractivity contribution in [3.8, 4) is 0 Å². The van der Waals surface area contributed by atoms with Gasteiger partial charge in [-0.1, -0.05) is 30.4 Å². The van der Waals surface area contributed by atoms with Crippen LogP contribution in [-0.2, 0) is 6.42 Å². The molecular formula is C23H31NO3. The Morgan fingerprint density at radius 1 is 1.19 bits per heavy atom. The van der Waals surface area contributed by atoms with E-state index in [0.717, 1.165) is 36.0 Å². The zero-order chi connectivity index (χ0) is 19.4. The van der Waals surface area contributed by atoms with Crippen LogP contribution >= 0.6 is 0 Å². The quantitative estimate of drug-likeness (QED) is 0.625. The molecule has 27 heavy (non-hydrogen) atoms. The Labute approximate surface area is 160 Å². The Bertz CT molecular complexity index is 817. The first-order valence-electron chi connectivity index (χ1n) is 10.1. The van der Waals surface area contributed by atoms with Crippen molar-refractivity contribution in [1.82, 2.24) is 4.98 Å². The molecule has 0 bridgehead atoms. The van der Waals surface area contributed by atoms with Gasteiger partial charge in [0.05, 0.1) is 17.3 Å². The minimum absolute atomic E-state index is 0.0756. The summed E-state index contributed by atoms with van der Waals surface area (Å²) in [6.45, 7) is 7.95. The van der Waals surface area contributed by atoms with Crippen LogP contribution in [0.25, 0.3) is 10.9 Å². The van der Waals surface area contributed by atoms with E-state index in [0.29, 0.717) is 12.8 Å². The van der Waals surface area contributed by atoms with Crippen molar-refractivity contribution < 1.29 is 15.3 Å². The summed E-state index contributed by atoms with van der Waals surface area (Å²) in [5.41, 5.74) is 1.40. The number of nitrogens with one attached hydrogen (secondary N) is 1. The maximum Gasteiger partial charge on any atom is 0.0909 e. The summed E-state index contributed by atoms with van der Waals surface area (Å²) in [4.78, 5) is 3.47. The normalized spacial score (nSPS) is 39.3. The molecule has 4 heteroatoms. The van der Waals surface area contributed by atoms with Crippen molar-refractivity contribution in [1.29, 1.82) is 0 Å². The third-order valence-electron chi connectivity index (χ3n) is 7.31. The molecule has 1 aromatic heterocycles. The number of aromatic nitrogens is 1. The second kappa shape index (κ2) is 6.47. The van der Waals surface area contributed by atoms with E-state index in [1.807, 2.05) is 19.1 Å². The van der Waals surface area contributed by atoms with Crippen LogP contribution in [0.4, 0.5) is 0 Å². The summed E-state index contributed by atoms with van der Waals surface area (Å²) in [6, 6.07) is 10.4. The molecule has 2 aliphatic rings. The third-order valence-corrected chi connectivity index (χ3v) is 7.31. The van der Waals surface area contributed by atoms with Crippen LogP contribution in [0.5, 0.6) is 0 Å². The summed E-state index contributed by atoms with van der Waals surface area (Å²) >= 11 is 0. The molecule has 2 saturated carbocycles. The minimum Gasteiger partial charge on any atom is -0.390 e. The van der Waals surface area contributed by atoms with Crippen molar-refractivity contribution in [2.24, 2.45) is 17.8 Å². The zero-order valence-electron chi connectivity index (χ0n) is 16.3. The van der Waals surface area contributed by atoms with Gasteiger partial charge >= 0.3 is 0 Å². The lowest BCUT2D eigenvalue weighted by atomic mass is 9.75. The third kappa shape index (κ3) is 3.24. The number of fused-ring (bicyclic) bond motifs is 2. The van der Waals surface area contributed by atoms with E-state index < -0.39 is 17.3 Å². The highest BCUT2D eigenvalue weighted by Crippen LogP contribution is 2.53. The number of H-pyrrole nitrogens is 1. The lowest BCUT2D eigenvalue weighted by Gasteiger charge is -2.35. The molecule has 0 radical (unpaired) electrons. The Balaban J connectivity index is 1.55. The maximum atomic E-state index is 11.0. The second-order valence-electron chi connectivity index (χ2n) is 9.24. The van der Waals surface area contributed by atoms with E-state index in [-0.39, 0.29) is 17.8 Å².